The molecule has 2 aliphatic rings. The second-order valence-electron chi connectivity index (χ2n) is 5.21. The number of ether oxygens (including phenoxy) is 1. The van der Waals surface area contributed by atoms with Crippen molar-refractivity contribution in [2.75, 3.05) is 6.61 Å². The van der Waals surface area contributed by atoms with Crippen LogP contribution in [-0.2, 0) is 14.3 Å². The number of benzene rings is 1. The zero-order chi connectivity index (χ0) is 15.1. The number of aliphatic carboxylic acids is 1. The fraction of sp³-hybridized carbons (Fsp3) is 0.429. The van der Waals surface area contributed by atoms with Gasteiger partial charge in [0.15, 0.2) is 6.10 Å². The van der Waals surface area contributed by atoms with Crippen LogP contribution in [0.4, 0.5) is 0 Å². The molecule has 112 valence electrons. The molecule has 1 aliphatic carbocycles. The molecular formula is C14H13BrClNO4. The second kappa shape index (κ2) is 5.59. The number of hydrogen-bond acceptors (Lipinski definition) is 3. The Morgan fingerprint density at radius 3 is 2.76 bits per heavy atom. The largest absolute Gasteiger partial charge is 0.479 e. The molecule has 0 aromatic heterocycles. The lowest BCUT2D eigenvalue weighted by molar-refractivity contribution is -0.174. The van der Waals surface area contributed by atoms with Gasteiger partial charge in [-0.05, 0) is 36.6 Å². The van der Waals surface area contributed by atoms with E-state index in [1.54, 1.807) is 23.1 Å². The number of carbonyl (C=O) groups excluding carboxylic acids is 1. The van der Waals surface area contributed by atoms with Gasteiger partial charge in [0, 0.05) is 15.5 Å². The molecule has 2 unspecified atom stereocenters. The van der Waals surface area contributed by atoms with Crippen molar-refractivity contribution >= 4 is 39.4 Å². The summed E-state index contributed by atoms with van der Waals surface area (Å²) in [6, 6.07) is 4.60. The summed E-state index contributed by atoms with van der Waals surface area (Å²) in [5.41, 5.74) is 0.596. The zero-order valence-corrected chi connectivity index (χ0v) is 13.3. The Morgan fingerprint density at radius 2 is 2.14 bits per heavy atom. The van der Waals surface area contributed by atoms with Gasteiger partial charge in [0.25, 0.3) is 0 Å². The van der Waals surface area contributed by atoms with Gasteiger partial charge in [0.1, 0.15) is 6.61 Å². The summed E-state index contributed by atoms with van der Waals surface area (Å²) in [5.74, 6) is -1.27. The summed E-state index contributed by atoms with van der Waals surface area (Å²) in [4.78, 5) is 25.3. The summed E-state index contributed by atoms with van der Waals surface area (Å²) < 4.78 is 6.03. The van der Waals surface area contributed by atoms with Crippen molar-refractivity contribution in [3.63, 3.8) is 0 Å². The number of halogens is 2. The minimum absolute atomic E-state index is 0.0864. The third-order valence-electron chi connectivity index (χ3n) is 3.72. The molecule has 1 aliphatic heterocycles. The van der Waals surface area contributed by atoms with Gasteiger partial charge in [-0.25, -0.2) is 4.79 Å². The van der Waals surface area contributed by atoms with Crippen LogP contribution < -0.4 is 0 Å². The van der Waals surface area contributed by atoms with Gasteiger partial charge in [-0.15, -0.1) is 0 Å². The van der Waals surface area contributed by atoms with Crippen molar-refractivity contribution in [2.45, 2.75) is 31.0 Å². The maximum Gasteiger partial charge on any atom is 0.335 e. The van der Waals surface area contributed by atoms with E-state index < -0.39 is 18.1 Å². The van der Waals surface area contributed by atoms with Gasteiger partial charge in [0.05, 0.1) is 6.04 Å². The minimum Gasteiger partial charge on any atom is -0.479 e. The molecule has 1 aromatic rings. The highest BCUT2D eigenvalue weighted by molar-refractivity contribution is 9.10. The van der Waals surface area contributed by atoms with Crippen molar-refractivity contribution in [3.05, 3.63) is 33.3 Å². The van der Waals surface area contributed by atoms with Crippen LogP contribution in [0.2, 0.25) is 5.02 Å². The fourth-order valence-electron chi connectivity index (χ4n) is 2.67. The van der Waals surface area contributed by atoms with E-state index in [1.165, 1.54) is 0 Å². The number of amides is 1. The average molecular weight is 375 g/mol. The Labute approximate surface area is 135 Å². The first-order valence-electron chi connectivity index (χ1n) is 6.59. The van der Waals surface area contributed by atoms with Crippen LogP contribution in [0.15, 0.2) is 22.7 Å². The number of rotatable bonds is 3. The van der Waals surface area contributed by atoms with Crippen LogP contribution in [0.3, 0.4) is 0 Å². The van der Waals surface area contributed by atoms with Crippen LogP contribution in [-0.4, -0.2) is 40.6 Å². The number of carboxylic acids is 1. The maximum atomic E-state index is 12.2. The molecule has 3 rings (SSSR count). The van der Waals surface area contributed by atoms with Crippen LogP contribution >= 0.6 is 27.5 Å². The van der Waals surface area contributed by atoms with Crippen LogP contribution in [0.25, 0.3) is 0 Å². The Kier molecular flexibility index (Phi) is 3.94. The summed E-state index contributed by atoms with van der Waals surface area (Å²) in [5, 5.41) is 9.85. The predicted octanol–water partition coefficient (Wildman–Crippen LogP) is 2.62. The lowest BCUT2D eigenvalue weighted by Crippen LogP contribution is -2.52. The fourth-order valence-corrected chi connectivity index (χ4v) is 3.28. The number of hydrogen-bond donors (Lipinski definition) is 1. The van der Waals surface area contributed by atoms with Crippen LogP contribution in [0.1, 0.15) is 24.4 Å². The van der Waals surface area contributed by atoms with Crippen molar-refractivity contribution in [1.82, 2.24) is 4.90 Å². The van der Waals surface area contributed by atoms with Gasteiger partial charge in [-0.1, -0.05) is 27.5 Å². The molecule has 0 radical (unpaired) electrons. The lowest BCUT2D eigenvalue weighted by Gasteiger charge is -2.40. The van der Waals surface area contributed by atoms with Gasteiger partial charge >= 0.3 is 5.97 Å². The van der Waals surface area contributed by atoms with Gasteiger partial charge in [0.2, 0.25) is 5.91 Å². The highest BCUT2D eigenvalue weighted by Crippen LogP contribution is 2.42. The first kappa shape index (κ1) is 14.8. The molecule has 5 nitrogen and oxygen atoms in total. The SMILES string of the molecule is O=C(O)C1OCC(=O)N(C2CC2)C1c1cc(Br)ccc1Cl. The van der Waals surface area contributed by atoms with Crippen molar-refractivity contribution < 1.29 is 19.4 Å². The Hall–Kier alpha value is -1.11. The van der Waals surface area contributed by atoms with Crippen LogP contribution in [0.5, 0.6) is 0 Å². The van der Waals surface area contributed by atoms with E-state index in [0.29, 0.717) is 10.6 Å². The van der Waals surface area contributed by atoms with Crippen molar-refractivity contribution in [3.8, 4) is 0 Å². The van der Waals surface area contributed by atoms with E-state index in [0.717, 1.165) is 17.3 Å². The molecule has 1 N–H and O–H groups in total. The number of carboxylic acid groups (broad SMARTS) is 1. The molecule has 21 heavy (non-hydrogen) atoms. The second-order valence-corrected chi connectivity index (χ2v) is 6.54. The zero-order valence-electron chi connectivity index (χ0n) is 11.0. The lowest BCUT2D eigenvalue weighted by atomic mass is 9.97. The smallest absolute Gasteiger partial charge is 0.335 e. The third kappa shape index (κ3) is 2.80. The maximum absolute atomic E-state index is 12.2. The predicted molar refractivity (Wildman–Crippen MR) is 79.1 cm³/mol. The average Bonchev–Trinajstić information content (AvgIpc) is 3.25. The quantitative estimate of drug-likeness (QED) is 0.883. The topological polar surface area (TPSA) is 66.8 Å². The van der Waals surface area contributed by atoms with Crippen molar-refractivity contribution in [2.24, 2.45) is 0 Å². The van der Waals surface area contributed by atoms with Crippen molar-refractivity contribution in [1.29, 1.82) is 0 Å². The highest BCUT2D eigenvalue weighted by Gasteiger charge is 2.48. The molecule has 1 saturated carbocycles. The Morgan fingerprint density at radius 1 is 1.43 bits per heavy atom. The monoisotopic (exact) mass is 373 g/mol. The normalized spacial score (nSPS) is 26.0. The van der Waals surface area contributed by atoms with Gasteiger partial charge in [-0.3, -0.25) is 4.79 Å². The Balaban J connectivity index is 2.08. The number of morpholine rings is 1. The molecule has 1 saturated heterocycles. The first-order valence-corrected chi connectivity index (χ1v) is 7.76. The standard InChI is InChI=1S/C14H13BrClNO4/c15-7-1-4-10(16)9(5-7)12-13(14(19)20)21-6-11(18)17(12)8-2-3-8/h1,4-5,8,12-13H,2-3,6H2,(H,19,20). The molecule has 0 bridgehead atoms. The van der Waals surface area contributed by atoms with E-state index in [1.807, 2.05) is 0 Å². The summed E-state index contributed by atoms with van der Waals surface area (Å²) in [7, 11) is 0. The molecule has 1 heterocycles. The van der Waals surface area contributed by atoms with E-state index in [4.69, 9.17) is 16.3 Å². The van der Waals surface area contributed by atoms with Gasteiger partial charge in [-0.2, -0.15) is 0 Å². The molecule has 7 heteroatoms. The molecular weight excluding hydrogens is 362 g/mol. The summed E-state index contributed by atoms with van der Waals surface area (Å²) >= 11 is 9.59. The molecule has 2 atom stereocenters. The summed E-state index contributed by atoms with van der Waals surface area (Å²) in [6.45, 7) is -0.199. The third-order valence-corrected chi connectivity index (χ3v) is 4.56. The summed E-state index contributed by atoms with van der Waals surface area (Å²) in [6.07, 6.45) is 0.676. The Bertz CT molecular complexity index is 605. The van der Waals surface area contributed by atoms with Gasteiger partial charge < -0.3 is 14.7 Å². The van der Waals surface area contributed by atoms with E-state index in [-0.39, 0.29) is 18.6 Å². The van der Waals surface area contributed by atoms with E-state index in [2.05, 4.69) is 15.9 Å². The minimum atomic E-state index is -1.10. The molecule has 1 amide bonds. The number of nitrogens with zero attached hydrogens (tertiary/aromatic N) is 1. The van der Waals surface area contributed by atoms with E-state index >= 15 is 0 Å². The molecule has 1 aromatic carbocycles. The molecule has 2 fully saturated rings. The highest BCUT2D eigenvalue weighted by atomic mass is 79.9. The number of carbonyl (C=O) groups is 2. The van der Waals surface area contributed by atoms with E-state index in [9.17, 15) is 14.7 Å². The first-order chi connectivity index (χ1) is 9.99. The molecule has 0 spiro atoms. The van der Waals surface area contributed by atoms with Crippen LogP contribution in [0, 0.1) is 0 Å².